The van der Waals surface area contributed by atoms with Crippen molar-refractivity contribution in [2.24, 2.45) is 5.92 Å². The minimum atomic E-state index is -0.114. The van der Waals surface area contributed by atoms with Crippen LogP contribution in [0, 0.1) is 5.92 Å². The monoisotopic (exact) mass is 277 g/mol. The summed E-state index contributed by atoms with van der Waals surface area (Å²) in [5.74, 6) is 0.881. The standard InChI is InChI=1S/C15H23N3O2/c1-13(2)15(19)20-12-11-17-7-9-18(10-8-17)14-5-3-4-6-16-14/h3-6,13H,7-12H2,1-2H3. The highest BCUT2D eigenvalue weighted by Gasteiger charge is 2.18. The predicted octanol–water partition coefficient (Wildman–Crippen LogP) is 1.40. The lowest BCUT2D eigenvalue weighted by molar-refractivity contribution is -0.147. The molecule has 1 fully saturated rings. The third-order valence-corrected chi connectivity index (χ3v) is 3.47. The molecule has 1 aromatic rings. The Morgan fingerprint density at radius 2 is 2.05 bits per heavy atom. The topological polar surface area (TPSA) is 45.7 Å². The zero-order valence-corrected chi connectivity index (χ0v) is 12.3. The van der Waals surface area contributed by atoms with E-state index in [1.807, 2.05) is 38.2 Å². The summed E-state index contributed by atoms with van der Waals surface area (Å²) in [6, 6.07) is 5.99. The second-order valence-electron chi connectivity index (χ2n) is 5.34. The Morgan fingerprint density at radius 1 is 1.30 bits per heavy atom. The van der Waals surface area contributed by atoms with Gasteiger partial charge in [-0.3, -0.25) is 9.69 Å². The molecule has 0 atom stereocenters. The molecule has 0 bridgehead atoms. The van der Waals surface area contributed by atoms with Gasteiger partial charge in [-0.2, -0.15) is 0 Å². The average Bonchev–Trinajstić information content (AvgIpc) is 2.48. The highest BCUT2D eigenvalue weighted by atomic mass is 16.5. The first-order valence-corrected chi connectivity index (χ1v) is 7.22. The molecule has 0 unspecified atom stereocenters. The number of carbonyl (C=O) groups is 1. The van der Waals surface area contributed by atoms with Crippen LogP contribution in [0.3, 0.4) is 0 Å². The predicted molar refractivity (Wildman–Crippen MR) is 78.7 cm³/mol. The number of piperazine rings is 1. The Labute approximate surface area is 120 Å². The van der Waals surface area contributed by atoms with Gasteiger partial charge in [-0.05, 0) is 12.1 Å². The van der Waals surface area contributed by atoms with Crippen molar-refractivity contribution in [3.05, 3.63) is 24.4 Å². The maximum atomic E-state index is 11.4. The smallest absolute Gasteiger partial charge is 0.308 e. The number of nitrogens with zero attached hydrogens (tertiary/aromatic N) is 3. The lowest BCUT2D eigenvalue weighted by Gasteiger charge is -2.35. The van der Waals surface area contributed by atoms with Gasteiger partial charge in [0.2, 0.25) is 0 Å². The highest BCUT2D eigenvalue weighted by Crippen LogP contribution is 2.12. The van der Waals surface area contributed by atoms with Gasteiger partial charge in [-0.15, -0.1) is 0 Å². The number of hydrogen-bond acceptors (Lipinski definition) is 5. The van der Waals surface area contributed by atoms with Crippen LogP contribution in [0.2, 0.25) is 0 Å². The van der Waals surface area contributed by atoms with Gasteiger partial charge in [0.05, 0.1) is 5.92 Å². The zero-order valence-electron chi connectivity index (χ0n) is 12.3. The number of aromatic nitrogens is 1. The number of pyridine rings is 1. The molecule has 0 N–H and O–H groups in total. The molecule has 0 spiro atoms. The Morgan fingerprint density at radius 3 is 2.65 bits per heavy atom. The molecule has 20 heavy (non-hydrogen) atoms. The normalized spacial score (nSPS) is 16.4. The fraction of sp³-hybridized carbons (Fsp3) is 0.600. The second-order valence-corrected chi connectivity index (χ2v) is 5.34. The summed E-state index contributed by atoms with van der Waals surface area (Å²) in [6.07, 6.45) is 1.83. The summed E-state index contributed by atoms with van der Waals surface area (Å²) >= 11 is 0. The van der Waals surface area contributed by atoms with Gasteiger partial charge in [0.15, 0.2) is 0 Å². The van der Waals surface area contributed by atoms with Gasteiger partial charge in [0.25, 0.3) is 0 Å². The van der Waals surface area contributed by atoms with E-state index in [0.29, 0.717) is 6.61 Å². The number of carbonyl (C=O) groups excluding carboxylic acids is 1. The van der Waals surface area contributed by atoms with Crippen molar-refractivity contribution in [3.8, 4) is 0 Å². The molecule has 0 saturated carbocycles. The minimum Gasteiger partial charge on any atom is -0.464 e. The van der Waals surface area contributed by atoms with Crippen LogP contribution in [-0.2, 0) is 9.53 Å². The lowest BCUT2D eigenvalue weighted by Crippen LogP contribution is -2.47. The largest absolute Gasteiger partial charge is 0.464 e. The highest BCUT2D eigenvalue weighted by molar-refractivity contribution is 5.71. The lowest BCUT2D eigenvalue weighted by atomic mass is 10.2. The van der Waals surface area contributed by atoms with Crippen molar-refractivity contribution in [3.63, 3.8) is 0 Å². The van der Waals surface area contributed by atoms with Gasteiger partial charge < -0.3 is 9.64 Å². The molecule has 2 rings (SSSR count). The Hall–Kier alpha value is -1.62. The average molecular weight is 277 g/mol. The van der Waals surface area contributed by atoms with E-state index >= 15 is 0 Å². The Balaban J connectivity index is 1.68. The van der Waals surface area contributed by atoms with E-state index < -0.39 is 0 Å². The quantitative estimate of drug-likeness (QED) is 0.761. The number of rotatable bonds is 5. The molecule has 0 amide bonds. The van der Waals surface area contributed by atoms with Gasteiger partial charge in [0.1, 0.15) is 12.4 Å². The van der Waals surface area contributed by atoms with Crippen molar-refractivity contribution in [1.82, 2.24) is 9.88 Å². The molecule has 1 aromatic heterocycles. The minimum absolute atomic E-state index is 0.0454. The van der Waals surface area contributed by atoms with Gasteiger partial charge in [0, 0.05) is 38.9 Å². The Kier molecular flexibility index (Phi) is 5.35. The zero-order chi connectivity index (χ0) is 14.4. The maximum Gasteiger partial charge on any atom is 0.308 e. The van der Waals surface area contributed by atoms with Crippen LogP contribution in [0.5, 0.6) is 0 Å². The van der Waals surface area contributed by atoms with Crippen LogP contribution < -0.4 is 4.90 Å². The van der Waals surface area contributed by atoms with E-state index in [4.69, 9.17) is 4.74 Å². The van der Waals surface area contributed by atoms with Crippen LogP contribution in [0.1, 0.15) is 13.8 Å². The third kappa shape index (κ3) is 4.20. The first-order valence-electron chi connectivity index (χ1n) is 7.22. The van der Waals surface area contributed by atoms with Crippen LogP contribution in [0.25, 0.3) is 0 Å². The number of ether oxygens (including phenoxy) is 1. The molecule has 1 aliphatic heterocycles. The van der Waals surface area contributed by atoms with E-state index in [2.05, 4.69) is 14.8 Å². The van der Waals surface area contributed by atoms with Crippen LogP contribution in [-0.4, -0.2) is 55.2 Å². The van der Waals surface area contributed by atoms with E-state index in [1.54, 1.807) is 0 Å². The van der Waals surface area contributed by atoms with Crippen LogP contribution >= 0.6 is 0 Å². The summed E-state index contributed by atoms with van der Waals surface area (Å²) in [5.41, 5.74) is 0. The molecule has 0 radical (unpaired) electrons. The number of esters is 1. The SMILES string of the molecule is CC(C)C(=O)OCCN1CCN(c2ccccn2)CC1. The van der Waals surface area contributed by atoms with Crippen LogP contribution in [0.15, 0.2) is 24.4 Å². The van der Waals surface area contributed by atoms with Crippen LogP contribution in [0.4, 0.5) is 5.82 Å². The van der Waals surface area contributed by atoms with Crippen molar-refractivity contribution < 1.29 is 9.53 Å². The van der Waals surface area contributed by atoms with Crippen molar-refractivity contribution in [2.45, 2.75) is 13.8 Å². The molecule has 5 nitrogen and oxygen atoms in total. The molecule has 0 aromatic carbocycles. The van der Waals surface area contributed by atoms with E-state index in [0.717, 1.165) is 38.5 Å². The molecule has 1 aliphatic rings. The molecular formula is C15H23N3O2. The summed E-state index contributed by atoms with van der Waals surface area (Å²) in [4.78, 5) is 20.3. The molecule has 2 heterocycles. The van der Waals surface area contributed by atoms with Crippen molar-refractivity contribution >= 4 is 11.8 Å². The van der Waals surface area contributed by atoms with Crippen molar-refractivity contribution in [1.29, 1.82) is 0 Å². The van der Waals surface area contributed by atoms with E-state index in [-0.39, 0.29) is 11.9 Å². The summed E-state index contributed by atoms with van der Waals surface area (Å²) in [5, 5.41) is 0. The summed E-state index contributed by atoms with van der Waals surface area (Å²) < 4.78 is 5.21. The fourth-order valence-corrected chi connectivity index (χ4v) is 2.18. The van der Waals surface area contributed by atoms with E-state index in [9.17, 15) is 4.79 Å². The molecular weight excluding hydrogens is 254 g/mol. The van der Waals surface area contributed by atoms with Gasteiger partial charge in [-0.1, -0.05) is 19.9 Å². The van der Waals surface area contributed by atoms with E-state index in [1.165, 1.54) is 0 Å². The number of hydrogen-bond donors (Lipinski definition) is 0. The maximum absolute atomic E-state index is 11.4. The third-order valence-electron chi connectivity index (χ3n) is 3.47. The molecule has 0 aliphatic carbocycles. The first-order chi connectivity index (χ1) is 9.66. The first kappa shape index (κ1) is 14.8. The van der Waals surface area contributed by atoms with Crippen molar-refractivity contribution in [2.75, 3.05) is 44.2 Å². The van der Waals surface area contributed by atoms with Gasteiger partial charge in [-0.25, -0.2) is 4.98 Å². The molecule has 110 valence electrons. The second kappa shape index (κ2) is 7.24. The Bertz CT molecular complexity index is 414. The summed E-state index contributed by atoms with van der Waals surface area (Å²) in [7, 11) is 0. The molecule has 5 heteroatoms. The fourth-order valence-electron chi connectivity index (χ4n) is 2.18. The molecule has 1 saturated heterocycles. The van der Waals surface area contributed by atoms with Gasteiger partial charge >= 0.3 is 5.97 Å². The summed E-state index contributed by atoms with van der Waals surface area (Å²) in [6.45, 7) is 8.91. The number of anilines is 1.